The lowest BCUT2D eigenvalue weighted by Gasteiger charge is -2.16. The molecule has 1 aromatic heterocycles. The van der Waals surface area contributed by atoms with Crippen LogP contribution in [0.2, 0.25) is 0 Å². The second kappa shape index (κ2) is 6.29. The van der Waals surface area contributed by atoms with Gasteiger partial charge in [0.2, 0.25) is 0 Å². The van der Waals surface area contributed by atoms with Gasteiger partial charge in [-0.1, -0.05) is 6.07 Å². The quantitative estimate of drug-likeness (QED) is 0.654. The average molecular weight is 328 g/mol. The van der Waals surface area contributed by atoms with Crippen LogP contribution in [0, 0.1) is 0 Å². The van der Waals surface area contributed by atoms with Gasteiger partial charge in [-0.3, -0.25) is 16.3 Å². The fourth-order valence-electron chi connectivity index (χ4n) is 1.72. The number of hydrazine groups is 1. The van der Waals surface area contributed by atoms with Crippen LogP contribution in [0.5, 0.6) is 5.75 Å². The van der Waals surface area contributed by atoms with E-state index in [2.05, 4.69) is 26.3 Å². The molecule has 3 N–H and O–H groups in total. The Kier molecular flexibility index (Phi) is 4.71. The first-order chi connectivity index (χ1) is 8.74. The molecule has 0 aliphatic heterocycles. The molecule has 1 atom stereocenters. The summed E-state index contributed by atoms with van der Waals surface area (Å²) < 4.78 is 6.14. The van der Waals surface area contributed by atoms with E-state index in [1.807, 2.05) is 29.9 Å². The molecule has 0 fully saturated rings. The molecule has 0 radical (unpaired) electrons. The van der Waals surface area contributed by atoms with Crippen molar-refractivity contribution in [3.8, 4) is 5.75 Å². The first-order valence-corrected chi connectivity index (χ1v) is 7.08. The zero-order chi connectivity index (χ0) is 13.0. The van der Waals surface area contributed by atoms with Gasteiger partial charge in [0.05, 0.1) is 23.1 Å². The molecule has 0 aliphatic rings. The van der Waals surface area contributed by atoms with Gasteiger partial charge in [0, 0.05) is 17.5 Å². The van der Waals surface area contributed by atoms with Crippen LogP contribution >= 0.6 is 27.3 Å². The van der Waals surface area contributed by atoms with Gasteiger partial charge in [-0.2, -0.15) is 0 Å². The van der Waals surface area contributed by atoms with Crippen LogP contribution in [-0.2, 0) is 6.42 Å². The molecule has 2 aromatic rings. The summed E-state index contributed by atoms with van der Waals surface area (Å²) in [6.45, 7) is 0. The van der Waals surface area contributed by atoms with Crippen molar-refractivity contribution in [2.75, 3.05) is 7.11 Å². The van der Waals surface area contributed by atoms with E-state index >= 15 is 0 Å². The monoisotopic (exact) mass is 327 g/mol. The number of ether oxygens (including phenoxy) is 1. The molecule has 0 saturated heterocycles. The van der Waals surface area contributed by atoms with E-state index in [1.165, 1.54) is 4.88 Å². The summed E-state index contributed by atoms with van der Waals surface area (Å²) in [5.41, 5.74) is 5.77. The van der Waals surface area contributed by atoms with Crippen molar-refractivity contribution in [1.82, 2.24) is 10.4 Å². The van der Waals surface area contributed by atoms with Crippen molar-refractivity contribution < 1.29 is 4.74 Å². The number of thiazole rings is 1. The third-order valence-corrected chi connectivity index (χ3v) is 4.09. The number of nitrogens with two attached hydrogens (primary N) is 1. The fraction of sp³-hybridized carbons (Fsp3) is 0.250. The maximum Gasteiger partial charge on any atom is 0.133 e. The van der Waals surface area contributed by atoms with Crippen LogP contribution in [0.1, 0.15) is 16.5 Å². The summed E-state index contributed by atoms with van der Waals surface area (Å²) in [6.07, 6.45) is 2.69. The fourth-order valence-corrected chi connectivity index (χ4v) is 2.92. The van der Waals surface area contributed by atoms with Crippen molar-refractivity contribution in [2.45, 2.75) is 12.5 Å². The maximum absolute atomic E-state index is 5.63. The minimum absolute atomic E-state index is 0.0626. The molecule has 4 nitrogen and oxygen atoms in total. The predicted octanol–water partition coefficient (Wildman–Crippen LogP) is 2.66. The molecule has 0 bridgehead atoms. The number of rotatable bonds is 5. The number of nitrogens with zero attached hydrogens (tertiary/aromatic N) is 1. The van der Waals surface area contributed by atoms with Crippen LogP contribution in [0.3, 0.4) is 0 Å². The molecule has 6 heteroatoms. The number of nitrogens with one attached hydrogen (secondary N) is 1. The summed E-state index contributed by atoms with van der Waals surface area (Å²) in [6, 6.07) is 6.02. The molecule has 0 saturated carbocycles. The van der Waals surface area contributed by atoms with E-state index in [0.29, 0.717) is 0 Å². The minimum Gasteiger partial charge on any atom is -0.496 e. The molecule has 1 aromatic carbocycles. The molecule has 0 aliphatic carbocycles. The van der Waals surface area contributed by atoms with Gasteiger partial charge in [-0.15, -0.1) is 11.3 Å². The standard InChI is InChI=1S/C12H14BrN3OS/c1-17-12-3-2-8(4-10(12)13)11(16-14)5-9-6-15-7-18-9/h2-4,6-7,11,16H,5,14H2,1H3. The Morgan fingerprint density at radius 2 is 2.39 bits per heavy atom. The van der Waals surface area contributed by atoms with Crippen molar-refractivity contribution in [2.24, 2.45) is 5.84 Å². The first kappa shape index (κ1) is 13.5. The number of halogens is 1. The second-order valence-electron chi connectivity index (χ2n) is 3.79. The lowest BCUT2D eigenvalue weighted by molar-refractivity contribution is 0.411. The van der Waals surface area contributed by atoms with Gasteiger partial charge in [0.25, 0.3) is 0 Å². The topological polar surface area (TPSA) is 60.2 Å². The highest BCUT2D eigenvalue weighted by Gasteiger charge is 2.13. The van der Waals surface area contributed by atoms with Crippen LogP contribution in [-0.4, -0.2) is 12.1 Å². The lowest BCUT2D eigenvalue weighted by atomic mass is 10.0. The summed E-state index contributed by atoms with van der Waals surface area (Å²) in [7, 11) is 1.65. The van der Waals surface area contributed by atoms with Gasteiger partial charge in [-0.05, 0) is 33.6 Å². The number of hydrogen-bond donors (Lipinski definition) is 2. The number of hydrogen-bond acceptors (Lipinski definition) is 5. The van der Waals surface area contributed by atoms with Crippen LogP contribution in [0.4, 0.5) is 0 Å². The highest BCUT2D eigenvalue weighted by molar-refractivity contribution is 9.10. The summed E-state index contributed by atoms with van der Waals surface area (Å²) in [4.78, 5) is 5.27. The molecule has 0 amide bonds. The first-order valence-electron chi connectivity index (χ1n) is 5.41. The van der Waals surface area contributed by atoms with Gasteiger partial charge in [-0.25, -0.2) is 0 Å². The molecule has 96 valence electrons. The second-order valence-corrected chi connectivity index (χ2v) is 5.61. The number of benzene rings is 1. The van der Waals surface area contributed by atoms with E-state index in [0.717, 1.165) is 22.2 Å². The molecule has 2 rings (SSSR count). The summed E-state index contributed by atoms with van der Waals surface area (Å²) >= 11 is 5.11. The van der Waals surface area contributed by atoms with E-state index in [9.17, 15) is 0 Å². The molecular formula is C12H14BrN3OS. The summed E-state index contributed by atoms with van der Waals surface area (Å²) in [5, 5.41) is 0. The van der Waals surface area contributed by atoms with Gasteiger partial charge >= 0.3 is 0 Å². The highest BCUT2D eigenvalue weighted by atomic mass is 79.9. The lowest BCUT2D eigenvalue weighted by Crippen LogP contribution is -2.29. The van der Waals surface area contributed by atoms with Gasteiger partial charge in [0.15, 0.2) is 0 Å². The van der Waals surface area contributed by atoms with E-state index < -0.39 is 0 Å². The zero-order valence-electron chi connectivity index (χ0n) is 9.89. The summed E-state index contributed by atoms with van der Waals surface area (Å²) in [5.74, 6) is 6.44. The third-order valence-electron chi connectivity index (χ3n) is 2.67. The van der Waals surface area contributed by atoms with Crippen molar-refractivity contribution >= 4 is 27.3 Å². The van der Waals surface area contributed by atoms with Crippen LogP contribution in [0.15, 0.2) is 34.4 Å². The van der Waals surface area contributed by atoms with E-state index in [-0.39, 0.29) is 6.04 Å². The molecule has 18 heavy (non-hydrogen) atoms. The largest absolute Gasteiger partial charge is 0.496 e. The Morgan fingerprint density at radius 3 is 2.94 bits per heavy atom. The minimum atomic E-state index is 0.0626. The number of methoxy groups -OCH3 is 1. The smallest absolute Gasteiger partial charge is 0.133 e. The normalized spacial score (nSPS) is 12.4. The maximum atomic E-state index is 5.63. The Balaban J connectivity index is 2.19. The Labute approximate surface area is 118 Å². The molecule has 1 heterocycles. The average Bonchev–Trinajstić information content (AvgIpc) is 2.88. The Morgan fingerprint density at radius 1 is 1.56 bits per heavy atom. The van der Waals surface area contributed by atoms with Crippen molar-refractivity contribution in [3.63, 3.8) is 0 Å². The highest BCUT2D eigenvalue weighted by Crippen LogP contribution is 2.29. The Bertz CT molecular complexity index is 504. The predicted molar refractivity (Wildman–Crippen MR) is 76.6 cm³/mol. The molecular weight excluding hydrogens is 314 g/mol. The molecule has 0 spiro atoms. The van der Waals surface area contributed by atoms with E-state index in [1.54, 1.807) is 18.4 Å². The van der Waals surface area contributed by atoms with Gasteiger partial charge < -0.3 is 4.74 Å². The van der Waals surface area contributed by atoms with Gasteiger partial charge in [0.1, 0.15) is 5.75 Å². The zero-order valence-corrected chi connectivity index (χ0v) is 12.3. The SMILES string of the molecule is COc1ccc(C(Cc2cncs2)NN)cc1Br. The van der Waals surface area contributed by atoms with E-state index in [4.69, 9.17) is 10.6 Å². The van der Waals surface area contributed by atoms with Crippen LogP contribution < -0.4 is 16.0 Å². The van der Waals surface area contributed by atoms with Crippen molar-refractivity contribution in [1.29, 1.82) is 0 Å². The van der Waals surface area contributed by atoms with Crippen LogP contribution in [0.25, 0.3) is 0 Å². The Hall–Kier alpha value is -0.950. The third kappa shape index (κ3) is 3.08. The van der Waals surface area contributed by atoms with Crippen molar-refractivity contribution in [3.05, 3.63) is 44.8 Å². The molecule has 1 unspecified atom stereocenters. The number of aromatic nitrogens is 1.